The Hall–Kier alpha value is -0.710. The van der Waals surface area contributed by atoms with Crippen molar-refractivity contribution in [2.75, 3.05) is 6.61 Å². The molecule has 0 aliphatic heterocycles. The number of hydrogen-bond donors (Lipinski definition) is 0. The SMILES string of the molecule is CCCCCOCc1nc(Cl)c2c(C)c(C)sc2n1. The Labute approximate surface area is 123 Å². The predicted molar refractivity (Wildman–Crippen MR) is 81.1 cm³/mol. The first-order valence-electron chi connectivity index (χ1n) is 6.63. The van der Waals surface area contributed by atoms with Gasteiger partial charge in [0.2, 0.25) is 0 Å². The number of unbranched alkanes of at least 4 members (excludes halogenated alkanes) is 2. The van der Waals surface area contributed by atoms with Crippen LogP contribution in [-0.2, 0) is 11.3 Å². The lowest BCUT2D eigenvalue weighted by molar-refractivity contribution is 0.112. The largest absolute Gasteiger partial charge is 0.373 e. The van der Waals surface area contributed by atoms with E-state index in [2.05, 4.69) is 30.7 Å². The summed E-state index contributed by atoms with van der Waals surface area (Å²) in [6.45, 7) is 7.52. The molecule has 2 aromatic rings. The number of aryl methyl sites for hydroxylation is 2. The molecule has 0 bridgehead atoms. The van der Waals surface area contributed by atoms with Crippen molar-refractivity contribution < 1.29 is 4.74 Å². The summed E-state index contributed by atoms with van der Waals surface area (Å²) in [5.74, 6) is 0.676. The lowest BCUT2D eigenvalue weighted by Gasteiger charge is -2.04. The monoisotopic (exact) mass is 298 g/mol. The molecule has 0 amide bonds. The summed E-state index contributed by atoms with van der Waals surface area (Å²) in [7, 11) is 0. The second-order valence-electron chi connectivity index (χ2n) is 4.65. The van der Waals surface area contributed by atoms with E-state index >= 15 is 0 Å². The van der Waals surface area contributed by atoms with Gasteiger partial charge in [-0.05, 0) is 25.8 Å². The number of thiophene rings is 1. The normalized spacial score (nSPS) is 11.4. The molecule has 0 aliphatic rings. The minimum Gasteiger partial charge on any atom is -0.373 e. The van der Waals surface area contributed by atoms with E-state index in [9.17, 15) is 0 Å². The molecule has 0 N–H and O–H groups in total. The highest BCUT2D eigenvalue weighted by molar-refractivity contribution is 7.18. The van der Waals surface area contributed by atoms with Crippen LogP contribution < -0.4 is 0 Å². The number of halogens is 1. The maximum Gasteiger partial charge on any atom is 0.157 e. The highest BCUT2D eigenvalue weighted by Crippen LogP contribution is 2.32. The third-order valence-electron chi connectivity index (χ3n) is 3.15. The van der Waals surface area contributed by atoms with Crippen molar-refractivity contribution in [3.63, 3.8) is 0 Å². The quantitative estimate of drug-likeness (QED) is 0.574. The molecule has 0 unspecified atom stereocenters. The molecule has 104 valence electrons. The van der Waals surface area contributed by atoms with E-state index in [1.807, 2.05) is 0 Å². The third kappa shape index (κ3) is 3.44. The minimum absolute atomic E-state index is 0.440. The Kier molecular flexibility index (Phi) is 5.13. The van der Waals surface area contributed by atoms with Crippen LogP contribution in [0.3, 0.4) is 0 Å². The Bertz CT molecular complexity index is 568. The molecule has 0 aliphatic carbocycles. The van der Waals surface area contributed by atoms with E-state index < -0.39 is 0 Å². The van der Waals surface area contributed by atoms with Crippen molar-refractivity contribution in [1.82, 2.24) is 9.97 Å². The molecular formula is C14H19ClN2OS. The van der Waals surface area contributed by atoms with Gasteiger partial charge in [0.05, 0.1) is 5.39 Å². The van der Waals surface area contributed by atoms with Gasteiger partial charge in [0.15, 0.2) is 5.82 Å². The summed E-state index contributed by atoms with van der Waals surface area (Å²) in [5.41, 5.74) is 1.18. The lowest BCUT2D eigenvalue weighted by atomic mass is 10.2. The summed E-state index contributed by atoms with van der Waals surface area (Å²) >= 11 is 7.91. The zero-order chi connectivity index (χ0) is 13.8. The first-order chi connectivity index (χ1) is 9.13. The Morgan fingerprint density at radius 1 is 1.21 bits per heavy atom. The maximum atomic E-state index is 6.24. The van der Waals surface area contributed by atoms with Crippen LogP contribution in [0.5, 0.6) is 0 Å². The van der Waals surface area contributed by atoms with Gasteiger partial charge in [0.25, 0.3) is 0 Å². The first kappa shape index (κ1) is 14.7. The number of ether oxygens (including phenoxy) is 1. The molecule has 0 atom stereocenters. The minimum atomic E-state index is 0.440. The molecule has 0 saturated carbocycles. The number of hydrogen-bond acceptors (Lipinski definition) is 4. The van der Waals surface area contributed by atoms with Gasteiger partial charge in [-0.25, -0.2) is 9.97 Å². The molecule has 2 rings (SSSR count). The highest BCUT2D eigenvalue weighted by Gasteiger charge is 2.13. The van der Waals surface area contributed by atoms with Gasteiger partial charge >= 0.3 is 0 Å². The van der Waals surface area contributed by atoms with Crippen molar-refractivity contribution in [1.29, 1.82) is 0 Å². The molecule has 3 nitrogen and oxygen atoms in total. The summed E-state index contributed by atoms with van der Waals surface area (Å²) in [6.07, 6.45) is 3.49. The van der Waals surface area contributed by atoms with Crippen LogP contribution in [0.2, 0.25) is 5.15 Å². The number of fused-ring (bicyclic) bond motifs is 1. The van der Waals surface area contributed by atoms with Crippen LogP contribution in [-0.4, -0.2) is 16.6 Å². The van der Waals surface area contributed by atoms with E-state index in [-0.39, 0.29) is 0 Å². The Morgan fingerprint density at radius 3 is 2.74 bits per heavy atom. The maximum absolute atomic E-state index is 6.24. The van der Waals surface area contributed by atoms with Crippen molar-refractivity contribution in [2.24, 2.45) is 0 Å². The van der Waals surface area contributed by atoms with E-state index in [1.165, 1.54) is 23.3 Å². The molecule has 5 heteroatoms. The highest BCUT2D eigenvalue weighted by atomic mass is 35.5. The summed E-state index contributed by atoms with van der Waals surface area (Å²) in [6, 6.07) is 0. The fraction of sp³-hybridized carbons (Fsp3) is 0.571. The van der Waals surface area contributed by atoms with Crippen molar-refractivity contribution in [3.8, 4) is 0 Å². The van der Waals surface area contributed by atoms with Crippen LogP contribution >= 0.6 is 22.9 Å². The van der Waals surface area contributed by atoms with Crippen LogP contribution in [0.4, 0.5) is 0 Å². The molecule has 0 fully saturated rings. The molecule has 19 heavy (non-hydrogen) atoms. The fourth-order valence-electron chi connectivity index (χ4n) is 1.92. The smallest absolute Gasteiger partial charge is 0.157 e. The number of aromatic nitrogens is 2. The van der Waals surface area contributed by atoms with Gasteiger partial charge in [-0.15, -0.1) is 11.3 Å². The standard InChI is InChI=1S/C14H19ClN2OS/c1-4-5-6-7-18-8-11-16-13(15)12-9(2)10(3)19-14(12)17-11/h4-8H2,1-3H3. The zero-order valence-electron chi connectivity index (χ0n) is 11.6. The van der Waals surface area contributed by atoms with Gasteiger partial charge in [0.1, 0.15) is 16.6 Å². The van der Waals surface area contributed by atoms with Crippen molar-refractivity contribution in [2.45, 2.75) is 46.6 Å². The molecule has 0 aromatic carbocycles. The Balaban J connectivity index is 2.08. The number of rotatable bonds is 6. The van der Waals surface area contributed by atoms with Gasteiger partial charge in [0, 0.05) is 11.5 Å². The van der Waals surface area contributed by atoms with E-state index in [0.29, 0.717) is 17.6 Å². The second kappa shape index (κ2) is 6.64. The summed E-state index contributed by atoms with van der Waals surface area (Å²) in [4.78, 5) is 11.1. The second-order valence-corrected chi connectivity index (χ2v) is 6.21. The van der Waals surface area contributed by atoms with Crippen LogP contribution in [0.15, 0.2) is 0 Å². The van der Waals surface area contributed by atoms with E-state index in [0.717, 1.165) is 23.2 Å². The molecule has 2 aromatic heterocycles. The predicted octanol–water partition coefficient (Wildman–Crippen LogP) is 4.67. The van der Waals surface area contributed by atoms with Crippen LogP contribution in [0.25, 0.3) is 10.2 Å². The lowest BCUT2D eigenvalue weighted by Crippen LogP contribution is -2.01. The average molecular weight is 299 g/mol. The van der Waals surface area contributed by atoms with Gasteiger partial charge in [-0.1, -0.05) is 31.4 Å². The molecule has 0 radical (unpaired) electrons. The van der Waals surface area contributed by atoms with Crippen molar-refractivity contribution in [3.05, 3.63) is 21.4 Å². The first-order valence-corrected chi connectivity index (χ1v) is 7.82. The summed E-state index contributed by atoms with van der Waals surface area (Å²) in [5, 5.41) is 1.53. The van der Waals surface area contributed by atoms with Gasteiger partial charge in [-0.3, -0.25) is 0 Å². The third-order valence-corrected chi connectivity index (χ3v) is 4.53. The molecule has 0 saturated heterocycles. The van der Waals surface area contributed by atoms with Crippen LogP contribution in [0.1, 0.15) is 42.5 Å². The van der Waals surface area contributed by atoms with Gasteiger partial charge in [-0.2, -0.15) is 0 Å². The Morgan fingerprint density at radius 2 is 2.00 bits per heavy atom. The van der Waals surface area contributed by atoms with E-state index in [4.69, 9.17) is 16.3 Å². The molecule has 2 heterocycles. The number of nitrogens with zero attached hydrogens (tertiary/aromatic N) is 2. The molecular weight excluding hydrogens is 280 g/mol. The van der Waals surface area contributed by atoms with Crippen molar-refractivity contribution >= 4 is 33.2 Å². The molecule has 0 spiro atoms. The van der Waals surface area contributed by atoms with Gasteiger partial charge < -0.3 is 4.74 Å². The summed E-state index contributed by atoms with van der Waals surface area (Å²) < 4.78 is 5.58. The van der Waals surface area contributed by atoms with Crippen LogP contribution in [0, 0.1) is 13.8 Å². The topological polar surface area (TPSA) is 35.0 Å². The average Bonchev–Trinajstić information content (AvgIpc) is 2.65. The van der Waals surface area contributed by atoms with E-state index in [1.54, 1.807) is 11.3 Å². The zero-order valence-corrected chi connectivity index (χ0v) is 13.2. The fourth-order valence-corrected chi connectivity index (χ4v) is 3.36.